The van der Waals surface area contributed by atoms with Gasteiger partial charge in [-0.25, -0.2) is 0 Å². The van der Waals surface area contributed by atoms with Gasteiger partial charge in [-0.1, -0.05) is 11.6 Å². The highest BCUT2D eigenvalue weighted by atomic mass is 16.2. The van der Waals surface area contributed by atoms with Gasteiger partial charge in [0.2, 0.25) is 5.91 Å². The number of hydrogen-bond acceptors (Lipinski definition) is 2. The summed E-state index contributed by atoms with van der Waals surface area (Å²) in [6.07, 6.45) is 8.59. The Morgan fingerprint density at radius 1 is 1.35 bits per heavy atom. The van der Waals surface area contributed by atoms with Gasteiger partial charge in [0, 0.05) is 6.04 Å². The van der Waals surface area contributed by atoms with E-state index in [-0.39, 0.29) is 18.0 Å². The molecule has 0 saturated carbocycles. The maximum Gasteiger partial charge on any atom is 0.237 e. The van der Waals surface area contributed by atoms with E-state index in [4.69, 9.17) is 0 Å². The lowest BCUT2D eigenvalue weighted by Gasteiger charge is -2.17. The van der Waals surface area contributed by atoms with Crippen molar-refractivity contribution in [3.63, 3.8) is 0 Å². The molecule has 0 aromatic carbocycles. The Labute approximate surface area is 105 Å². The van der Waals surface area contributed by atoms with Crippen LogP contribution in [-0.2, 0) is 4.79 Å². The number of rotatable bonds is 6. The van der Waals surface area contributed by atoms with Crippen molar-refractivity contribution in [1.29, 1.82) is 0 Å². The van der Waals surface area contributed by atoms with Crippen LogP contribution in [0.2, 0.25) is 0 Å². The van der Waals surface area contributed by atoms with Gasteiger partial charge in [-0.05, 0) is 59.4 Å². The molecule has 0 aromatic heterocycles. The third-order valence-electron chi connectivity index (χ3n) is 3.11. The van der Waals surface area contributed by atoms with Crippen molar-refractivity contribution in [1.82, 2.24) is 10.6 Å². The lowest BCUT2D eigenvalue weighted by Crippen LogP contribution is -2.44. The molecular formula is C14H26N2O. The molecule has 3 heteroatoms. The molecule has 0 spiro atoms. The number of carbonyl (C=O) groups excluding carboxylic acids is 1. The van der Waals surface area contributed by atoms with E-state index < -0.39 is 0 Å². The fraction of sp³-hybridized carbons (Fsp3) is 0.786. The molecule has 0 bridgehead atoms. The highest BCUT2D eigenvalue weighted by Crippen LogP contribution is 2.19. The average molecular weight is 238 g/mol. The second-order valence-electron chi connectivity index (χ2n) is 5.20. The fourth-order valence-electron chi connectivity index (χ4n) is 2.08. The monoisotopic (exact) mass is 238 g/mol. The minimum Gasteiger partial charge on any atom is -0.353 e. The number of carbonyl (C=O) groups is 1. The second-order valence-corrected chi connectivity index (χ2v) is 5.20. The van der Waals surface area contributed by atoms with Crippen molar-refractivity contribution < 1.29 is 4.79 Å². The lowest BCUT2D eigenvalue weighted by atomic mass is 9.97. The largest absolute Gasteiger partial charge is 0.353 e. The highest BCUT2D eigenvalue weighted by molar-refractivity contribution is 5.81. The summed E-state index contributed by atoms with van der Waals surface area (Å²) >= 11 is 0. The molecule has 1 amide bonds. The molecule has 0 aromatic rings. The van der Waals surface area contributed by atoms with Gasteiger partial charge in [0.05, 0.1) is 6.04 Å². The van der Waals surface area contributed by atoms with Gasteiger partial charge in [-0.15, -0.1) is 0 Å². The molecule has 3 nitrogen and oxygen atoms in total. The fourth-order valence-corrected chi connectivity index (χ4v) is 2.08. The number of hydrogen-bond donors (Lipinski definition) is 2. The molecule has 0 radical (unpaired) electrons. The van der Waals surface area contributed by atoms with Gasteiger partial charge >= 0.3 is 0 Å². The van der Waals surface area contributed by atoms with Crippen LogP contribution in [-0.4, -0.2) is 24.5 Å². The summed E-state index contributed by atoms with van der Waals surface area (Å²) in [6.45, 7) is 6.79. The van der Waals surface area contributed by atoms with Crippen LogP contribution in [0.25, 0.3) is 0 Å². The Morgan fingerprint density at radius 2 is 2.12 bits per heavy atom. The van der Waals surface area contributed by atoms with E-state index in [9.17, 15) is 4.79 Å². The Bertz CT molecular complexity index is 271. The van der Waals surface area contributed by atoms with Crippen molar-refractivity contribution in [2.75, 3.05) is 6.54 Å². The standard InChI is InChI=1S/C14H26N2O/c1-11(2)16-14(17)12(3)15-10-9-13-7-5-4-6-8-13/h7,11-12,15H,4-6,8-10H2,1-3H3,(H,16,17). The average Bonchev–Trinajstić information content (AvgIpc) is 2.29. The van der Waals surface area contributed by atoms with Crippen molar-refractivity contribution in [2.24, 2.45) is 0 Å². The summed E-state index contributed by atoms with van der Waals surface area (Å²) in [4.78, 5) is 11.6. The normalized spacial score (nSPS) is 17.8. The third kappa shape index (κ3) is 5.87. The van der Waals surface area contributed by atoms with E-state index in [0.29, 0.717) is 0 Å². The van der Waals surface area contributed by atoms with E-state index in [0.717, 1.165) is 13.0 Å². The number of nitrogens with one attached hydrogen (secondary N) is 2. The van der Waals surface area contributed by atoms with Crippen LogP contribution >= 0.6 is 0 Å². The summed E-state index contributed by atoms with van der Waals surface area (Å²) in [7, 11) is 0. The Kier molecular flexibility index (Phi) is 6.27. The zero-order valence-electron chi connectivity index (χ0n) is 11.4. The Morgan fingerprint density at radius 3 is 2.71 bits per heavy atom. The minimum atomic E-state index is -0.0957. The smallest absolute Gasteiger partial charge is 0.237 e. The zero-order valence-corrected chi connectivity index (χ0v) is 11.4. The Hall–Kier alpha value is -0.830. The van der Waals surface area contributed by atoms with Crippen LogP contribution in [0.4, 0.5) is 0 Å². The first kappa shape index (κ1) is 14.2. The molecule has 0 heterocycles. The number of amides is 1. The van der Waals surface area contributed by atoms with E-state index in [2.05, 4.69) is 16.7 Å². The molecule has 98 valence electrons. The zero-order chi connectivity index (χ0) is 12.7. The molecule has 2 N–H and O–H groups in total. The highest BCUT2D eigenvalue weighted by Gasteiger charge is 2.12. The van der Waals surface area contributed by atoms with Crippen LogP contribution < -0.4 is 10.6 Å². The predicted octanol–water partition coefficient (Wildman–Crippen LogP) is 2.38. The van der Waals surface area contributed by atoms with Crippen LogP contribution in [0.5, 0.6) is 0 Å². The first-order valence-corrected chi connectivity index (χ1v) is 6.81. The molecule has 1 unspecified atom stereocenters. The van der Waals surface area contributed by atoms with Gasteiger partial charge < -0.3 is 10.6 Å². The van der Waals surface area contributed by atoms with Crippen LogP contribution in [0.3, 0.4) is 0 Å². The molecule has 0 saturated heterocycles. The summed E-state index contributed by atoms with van der Waals surface area (Å²) in [5.74, 6) is 0.0950. The molecule has 1 rings (SSSR count). The first-order chi connectivity index (χ1) is 8.09. The van der Waals surface area contributed by atoms with Gasteiger partial charge in [-0.2, -0.15) is 0 Å². The van der Waals surface area contributed by atoms with Crippen molar-refractivity contribution >= 4 is 5.91 Å². The van der Waals surface area contributed by atoms with Gasteiger partial charge in [0.25, 0.3) is 0 Å². The Balaban J connectivity index is 2.17. The SMILES string of the molecule is CC(C)NC(=O)C(C)NCCC1=CCCCC1. The second kappa shape index (κ2) is 7.49. The van der Waals surface area contributed by atoms with E-state index in [1.165, 1.54) is 25.7 Å². The molecule has 1 aliphatic carbocycles. The van der Waals surface area contributed by atoms with Crippen LogP contribution in [0.15, 0.2) is 11.6 Å². The van der Waals surface area contributed by atoms with Crippen molar-refractivity contribution in [3.05, 3.63) is 11.6 Å². The summed E-state index contributed by atoms with van der Waals surface area (Å²) in [5, 5.41) is 6.20. The lowest BCUT2D eigenvalue weighted by molar-refractivity contribution is -0.123. The predicted molar refractivity (Wildman–Crippen MR) is 71.9 cm³/mol. The molecule has 1 atom stereocenters. The van der Waals surface area contributed by atoms with Gasteiger partial charge in [0.1, 0.15) is 0 Å². The molecule has 0 fully saturated rings. The van der Waals surface area contributed by atoms with E-state index in [1.807, 2.05) is 20.8 Å². The maximum atomic E-state index is 11.6. The number of allylic oxidation sites excluding steroid dienone is 1. The topological polar surface area (TPSA) is 41.1 Å². The summed E-state index contributed by atoms with van der Waals surface area (Å²) < 4.78 is 0. The van der Waals surface area contributed by atoms with E-state index in [1.54, 1.807) is 5.57 Å². The minimum absolute atomic E-state index is 0.0950. The molecule has 0 aliphatic heterocycles. The molecule has 17 heavy (non-hydrogen) atoms. The quantitative estimate of drug-likeness (QED) is 0.698. The maximum absolute atomic E-state index is 11.6. The van der Waals surface area contributed by atoms with Gasteiger partial charge in [0.15, 0.2) is 0 Å². The van der Waals surface area contributed by atoms with E-state index >= 15 is 0 Å². The van der Waals surface area contributed by atoms with Gasteiger partial charge in [-0.3, -0.25) is 4.79 Å². The van der Waals surface area contributed by atoms with Crippen molar-refractivity contribution in [2.45, 2.75) is 65.0 Å². The van der Waals surface area contributed by atoms with Crippen LogP contribution in [0.1, 0.15) is 52.9 Å². The van der Waals surface area contributed by atoms with Crippen LogP contribution in [0, 0.1) is 0 Å². The van der Waals surface area contributed by atoms with Crippen molar-refractivity contribution in [3.8, 4) is 0 Å². The molecule has 1 aliphatic rings. The summed E-state index contributed by atoms with van der Waals surface area (Å²) in [6, 6.07) is 0.120. The first-order valence-electron chi connectivity index (χ1n) is 6.81. The molecular weight excluding hydrogens is 212 g/mol. The summed E-state index contributed by atoms with van der Waals surface area (Å²) in [5.41, 5.74) is 1.56. The third-order valence-corrected chi connectivity index (χ3v) is 3.11.